The van der Waals surface area contributed by atoms with Crippen LogP contribution in [0.4, 0.5) is 0 Å². The van der Waals surface area contributed by atoms with Crippen LogP contribution in [0.2, 0.25) is 0 Å². The first kappa shape index (κ1) is 25.5. The van der Waals surface area contributed by atoms with E-state index in [0.717, 1.165) is 41.4 Å². The lowest BCUT2D eigenvalue weighted by Crippen LogP contribution is -2.29. The average molecular weight is 492 g/mol. The molecule has 1 aromatic heterocycles. The quantitative estimate of drug-likeness (QED) is 0.321. The van der Waals surface area contributed by atoms with Gasteiger partial charge in [0.05, 0.1) is 32.4 Å². The molecule has 7 heteroatoms. The molecule has 7 nitrogen and oxygen atoms in total. The van der Waals surface area contributed by atoms with Gasteiger partial charge in [0.1, 0.15) is 0 Å². The van der Waals surface area contributed by atoms with E-state index < -0.39 is 12.6 Å². The largest absolute Gasteiger partial charge is 0.493 e. The highest BCUT2D eigenvalue weighted by Crippen LogP contribution is 2.40. The third kappa shape index (κ3) is 4.87. The normalized spacial score (nSPS) is 15.2. The standard InChI is InChI=1S/C29H33NO6/c1-29(2,3)18-11-12-22-20(15-18)26(19-9-7-8-10-21(19)30-22)28(32)36-16-23(31)17-13-24(33-4)27(35-6)25(14-17)34-5/h7-10,13-14,18H,11-12,15-16H2,1-6H3. The van der Waals surface area contributed by atoms with Crippen LogP contribution in [0.1, 0.15) is 59.2 Å². The monoisotopic (exact) mass is 491 g/mol. The van der Waals surface area contributed by atoms with Crippen LogP contribution in [-0.2, 0) is 17.6 Å². The molecule has 1 atom stereocenters. The summed E-state index contributed by atoms with van der Waals surface area (Å²) in [7, 11) is 4.45. The first-order chi connectivity index (χ1) is 17.2. The van der Waals surface area contributed by atoms with E-state index in [1.54, 1.807) is 12.1 Å². The summed E-state index contributed by atoms with van der Waals surface area (Å²) in [4.78, 5) is 31.4. The number of carbonyl (C=O) groups excluding carboxylic acids is 2. The number of Topliss-reactive ketones (excluding diaryl/α,β-unsaturated/α-hetero) is 1. The van der Waals surface area contributed by atoms with Gasteiger partial charge in [0.2, 0.25) is 11.5 Å². The van der Waals surface area contributed by atoms with E-state index in [4.69, 9.17) is 23.9 Å². The lowest BCUT2D eigenvalue weighted by molar-refractivity contribution is 0.0474. The number of fused-ring (bicyclic) bond motifs is 2. The van der Waals surface area contributed by atoms with Crippen molar-refractivity contribution < 1.29 is 28.5 Å². The summed E-state index contributed by atoms with van der Waals surface area (Å²) < 4.78 is 21.6. The third-order valence-corrected chi connectivity index (χ3v) is 7.01. The van der Waals surface area contributed by atoms with Crippen molar-refractivity contribution in [2.45, 2.75) is 40.0 Å². The Kier molecular flexibility index (Phi) is 7.20. The second-order valence-corrected chi connectivity index (χ2v) is 10.1. The van der Waals surface area contributed by atoms with Crippen LogP contribution in [-0.4, -0.2) is 44.7 Å². The Bertz CT molecular complexity index is 1280. The van der Waals surface area contributed by atoms with E-state index >= 15 is 0 Å². The van der Waals surface area contributed by atoms with Crippen LogP contribution < -0.4 is 14.2 Å². The zero-order valence-electron chi connectivity index (χ0n) is 21.8. The fraction of sp³-hybridized carbons (Fsp3) is 0.414. The molecule has 3 aromatic rings. The summed E-state index contributed by atoms with van der Waals surface area (Å²) in [6, 6.07) is 10.7. The number of esters is 1. The third-order valence-electron chi connectivity index (χ3n) is 7.01. The molecular weight excluding hydrogens is 458 g/mol. The summed E-state index contributed by atoms with van der Waals surface area (Å²) in [5.41, 5.74) is 3.55. The Morgan fingerprint density at radius 2 is 1.67 bits per heavy atom. The summed E-state index contributed by atoms with van der Waals surface area (Å²) >= 11 is 0. The highest BCUT2D eigenvalue weighted by molar-refractivity contribution is 6.06. The average Bonchev–Trinajstić information content (AvgIpc) is 2.88. The van der Waals surface area contributed by atoms with Crippen molar-refractivity contribution in [2.24, 2.45) is 11.3 Å². The van der Waals surface area contributed by atoms with Gasteiger partial charge in [-0.1, -0.05) is 39.0 Å². The number of benzene rings is 2. The molecule has 0 saturated heterocycles. The minimum absolute atomic E-state index is 0.104. The van der Waals surface area contributed by atoms with Gasteiger partial charge in [0, 0.05) is 16.6 Å². The SMILES string of the molecule is COc1cc(C(=O)COC(=O)c2c3c(nc4ccccc24)CCC(C(C)(C)C)C3)cc(OC)c1OC. The Morgan fingerprint density at radius 3 is 2.28 bits per heavy atom. The lowest BCUT2D eigenvalue weighted by Gasteiger charge is -2.35. The molecule has 0 aliphatic heterocycles. The van der Waals surface area contributed by atoms with Crippen LogP contribution >= 0.6 is 0 Å². The molecule has 0 radical (unpaired) electrons. The van der Waals surface area contributed by atoms with E-state index in [9.17, 15) is 9.59 Å². The molecule has 2 aromatic carbocycles. The molecule has 1 aliphatic rings. The van der Waals surface area contributed by atoms with Gasteiger partial charge < -0.3 is 18.9 Å². The molecule has 0 bridgehead atoms. The Labute approximate surface area is 211 Å². The number of methoxy groups -OCH3 is 3. The molecule has 1 aliphatic carbocycles. The number of ketones is 1. The van der Waals surface area contributed by atoms with Gasteiger partial charge in [0.15, 0.2) is 18.1 Å². The van der Waals surface area contributed by atoms with Gasteiger partial charge >= 0.3 is 5.97 Å². The first-order valence-electron chi connectivity index (χ1n) is 12.1. The highest BCUT2D eigenvalue weighted by Gasteiger charge is 2.33. The predicted octanol–water partition coefficient (Wildman–Crippen LogP) is 5.45. The number of aromatic nitrogens is 1. The van der Waals surface area contributed by atoms with Gasteiger partial charge in [-0.3, -0.25) is 9.78 Å². The maximum atomic E-state index is 13.5. The molecule has 4 rings (SSSR count). The Balaban J connectivity index is 1.65. The molecular formula is C29H33NO6. The van der Waals surface area contributed by atoms with Crippen molar-refractivity contribution >= 4 is 22.7 Å². The summed E-state index contributed by atoms with van der Waals surface area (Å²) in [5.74, 6) is 0.627. The highest BCUT2D eigenvalue weighted by atomic mass is 16.5. The molecule has 190 valence electrons. The van der Waals surface area contributed by atoms with E-state index in [-0.39, 0.29) is 11.2 Å². The number of hydrogen-bond donors (Lipinski definition) is 0. The molecule has 1 heterocycles. The second-order valence-electron chi connectivity index (χ2n) is 10.1. The molecule has 0 saturated carbocycles. The van der Waals surface area contributed by atoms with Crippen molar-refractivity contribution in [3.8, 4) is 17.2 Å². The zero-order chi connectivity index (χ0) is 26.0. The van der Waals surface area contributed by atoms with Crippen LogP contribution in [0.15, 0.2) is 36.4 Å². The lowest BCUT2D eigenvalue weighted by atomic mass is 9.70. The zero-order valence-corrected chi connectivity index (χ0v) is 21.8. The van der Waals surface area contributed by atoms with E-state index in [2.05, 4.69) is 20.8 Å². The maximum absolute atomic E-state index is 13.5. The van der Waals surface area contributed by atoms with Crippen LogP contribution in [0.3, 0.4) is 0 Å². The molecule has 36 heavy (non-hydrogen) atoms. The van der Waals surface area contributed by atoms with Crippen LogP contribution in [0, 0.1) is 11.3 Å². The van der Waals surface area contributed by atoms with Gasteiger partial charge in [-0.2, -0.15) is 0 Å². The smallest absolute Gasteiger partial charge is 0.339 e. The number of hydrogen-bond acceptors (Lipinski definition) is 7. The predicted molar refractivity (Wildman–Crippen MR) is 137 cm³/mol. The first-order valence-corrected chi connectivity index (χ1v) is 12.1. The number of rotatable bonds is 7. The molecule has 0 amide bonds. The van der Waals surface area contributed by atoms with Crippen molar-refractivity contribution in [3.05, 3.63) is 58.8 Å². The van der Waals surface area contributed by atoms with Crippen molar-refractivity contribution in [3.63, 3.8) is 0 Å². The fourth-order valence-electron chi connectivity index (χ4n) is 4.89. The fourth-order valence-corrected chi connectivity index (χ4v) is 4.89. The number of para-hydroxylation sites is 1. The molecule has 1 unspecified atom stereocenters. The van der Waals surface area contributed by atoms with Gasteiger partial charge in [0.25, 0.3) is 0 Å². The number of pyridine rings is 1. The van der Waals surface area contributed by atoms with E-state index in [0.29, 0.717) is 34.3 Å². The van der Waals surface area contributed by atoms with Gasteiger partial charge in [-0.25, -0.2) is 4.79 Å². The topological polar surface area (TPSA) is 84.0 Å². The van der Waals surface area contributed by atoms with Crippen molar-refractivity contribution in [1.82, 2.24) is 4.98 Å². The van der Waals surface area contributed by atoms with E-state index in [1.165, 1.54) is 21.3 Å². The second kappa shape index (κ2) is 10.2. The van der Waals surface area contributed by atoms with Crippen LogP contribution in [0.5, 0.6) is 17.2 Å². The minimum Gasteiger partial charge on any atom is -0.493 e. The van der Waals surface area contributed by atoms with Gasteiger partial charge in [-0.05, 0) is 54.4 Å². The maximum Gasteiger partial charge on any atom is 0.339 e. The van der Waals surface area contributed by atoms with Crippen LogP contribution in [0.25, 0.3) is 10.9 Å². The Hall–Kier alpha value is -3.61. The van der Waals surface area contributed by atoms with Gasteiger partial charge in [-0.15, -0.1) is 0 Å². The summed E-state index contributed by atoms with van der Waals surface area (Å²) in [5, 5.41) is 0.746. The number of aryl methyl sites for hydroxylation is 1. The number of carbonyl (C=O) groups is 2. The molecule has 0 spiro atoms. The molecule has 0 N–H and O–H groups in total. The number of nitrogens with zero attached hydrogens (tertiary/aromatic N) is 1. The Morgan fingerprint density at radius 1 is 1.00 bits per heavy atom. The summed E-state index contributed by atoms with van der Waals surface area (Å²) in [6.45, 7) is 6.27. The van der Waals surface area contributed by atoms with Crippen molar-refractivity contribution in [2.75, 3.05) is 27.9 Å². The number of ether oxygens (including phenoxy) is 4. The molecule has 0 fully saturated rings. The minimum atomic E-state index is -0.514. The van der Waals surface area contributed by atoms with E-state index in [1.807, 2.05) is 24.3 Å². The van der Waals surface area contributed by atoms with Crippen molar-refractivity contribution in [1.29, 1.82) is 0 Å². The summed E-state index contributed by atoms with van der Waals surface area (Å²) in [6.07, 6.45) is 2.59.